The van der Waals surface area contributed by atoms with Gasteiger partial charge in [-0.1, -0.05) is 30.3 Å². The molecular formula is C30H19F6NO4S2. The van der Waals surface area contributed by atoms with E-state index in [2.05, 4.69) is 9.47 Å². The molecule has 43 heavy (non-hydrogen) atoms. The number of alkyl halides is 5. The highest BCUT2D eigenvalue weighted by Gasteiger charge is 2.44. The van der Waals surface area contributed by atoms with Gasteiger partial charge in [-0.25, -0.2) is 4.39 Å². The van der Waals surface area contributed by atoms with Gasteiger partial charge in [-0.3, -0.25) is 14.2 Å². The lowest BCUT2D eigenvalue weighted by atomic mass is 9.92. The van der Waals surface area contributed by atoms with E-state index in [4.69, 9.17) is 0 Å². The van der Waals surface area contributed by atoms with Crippen LogP contribution in [-0.2, 0) is 17.4 Å². The molecule has 1 atom stereocenters. The second kappa shape index (κ2) is 10.7. The second-order valence-electron chi connectivity index (χ2n) is 9.79. The molecular weight excluding hydrogens is 616 g/mol. The molecule has 0 aliphatic carbocycles. The van der Waals surface area contributed by atoms with E-state index in [9.17, 15) is 35.9 Å². The van der Waals surface area contributed by atoms with Crippen molar-refractivity contribution in [3.8, 4) is 22.6 Å². The Morgan fingerprint density at radius 1 is 1.02 bits per heavy atom. The summed E-state index contributed by atoms with van der Waals surface area (Å²) in [6.07, 6.45) is -9.32. The van der Waals surface area contributed by atoms with E-state index in [1.54, 1.807) is 30.3 Å². The zero-order chi connectivity index (χ0) is 30.7. The van der Waals surface area contributed by atoms with Gasteiger partial charge in [0.25, 0.3) is 5.56 Å². The Morgan fingerprint density at radius 2 is 1.74 bits per heavy atom. The molecule has 0 bridgehead atoms. The van der Waals surface area contributed by atoms with Crippen LogP contribution >= 0.6 is 23.5 Å². The van der Waals surface area contributed by atoms with Crippen LogP contribution in [0.5, 0.6) is 11.5 Å². The molecule has 0 spiro atoms. The number of ether oxygens (including phenoxy) is 2. The summed E-state index contributed by atoms with van der Waals surface area (Å²) >= 11 is 2.03. The van der Waals surface area contributed by atoms with Gasteiger partial charge < -0.3 is 9.47 Å². The summed E-state index contributed by atoms with van der Waals surface area (Å²) in [4.78, 5) is 28.2. The van der Waals surface area contributed by atoms with E-state index in [1.807, 2.05) is 0 Å². The molecule has 0 saturated heterocycles. The first-order chi connectivity index (χ1) is 20.3. The van der Waals surface area contributed by atoms with Crippen LogP contribution in [0.25, 0.3) is 11.1 Å². The molecule has 4 aromatic rings. The average Bonchev–Trinajstić information content (AvgIpc) is 3.51. The third kappa shape index (κ3) is 5.40. The van der Waals surface area contributed by atoms with E-state index in [-0.39, 0.29) is 49.6 Å². The van der Waals surface area contributed by atoms with Crippen LogP contribution in [0.15, 0.2) is 81.4 Å². The molecule has 0 radical (unpaired) electrons. The highest BCUT2D eigenvalue weighted by molar-refractivity contribution is 8.13. The van der Waals surface area contributed by atoms with E-state index < -0.39 is 47.4 Å². The molecule has 0 amide bonds. The minimum absolute atomic E-state index is 0.0460. The van der Waals surface area contributed by atoms with Crippen LogP contribution in [0.4, 0.5) is 26.3 Å². The van der Waals surface area contributed by atoms with Gasteiger partial charge in [-0.15, -0.1) is 20.5 Å². The smallest absolute Gasteiger partial charge is 0.395 e. The molecule has 13 heteroatoms. The fraction of sp³-hybridized carbons (Fsp3) is 0.200. The zero-order valence-corrected chi connectivity index (χ0v) is 23.6. The first kappa shape index (κ1) is 29.2. The lowest BCUT2D eigenvalue weighted by Gasteiger charge is -2.21. The Kier molecular flexibility index (Phi) is 7.28. The van der Waals surface area contributed by atoms with Gasteiger partial charge in [0.05, 0.1) is 16.2 Å². The van der Waals surface area contributed by atoms with Gasteiger partial charge in [0, 0.05) is 22.6 Å². The van der Waals surface area contributed by atoms with Gasteiger partial charge in [0.2, 0.25) is 5.12 Å². The van der Waals surface area contributed by atoms with Gasteiger partial charge in [0.15, 0.2) is 11.5 Å². The van der Waals surface area contributed by atoms with Crippen molar-refractivity contribution in [2.24, 2.45) is 0 Å². The number of carbonyl (C=O) groups is 1. The highest BCUT2D eigenvalue weighted by Crippen LogP contribution is 2.46. The van der Waals surface area contributed by atoms with Crippen molar-refractivity contribution in [2.75, 3.05) is 5.75 Å². The Morgan fingerprint density at radius 3 is 2.47 bits per heavy atom. The number of rotatable bonds is 5. The molecule has 1 aromatic heterocycles. The van der Waals surface area contributed by atoms with Gasteiger partial charge in [-0.05, 0) is 71.8 Å². The van der Waals surface area contributed by atoms with Crippen molar-refractivity contribution >= 4 is 28.6 Å². The largest absolute Gasteiger partial charge is 0.586 e. The topological polar surface area (TPSA) is 57.5 Å². The Hall–Kier alpha value is -3.84. The van der Waals surface area contributed by atoms with Crippen molar-refractivity contribution < 1.29 is 40.6 Å². The van der Waals surface area contributed by atoms with E-state index in [1.165, 1.54) is 29.7 Å². The van der Waals surface area contributed by atoms with Crippen LogP contribution in [-0.4, -0.2) is 21.7 Å². The summed E-state index contributed by atoms with van der Waals surface area (Å²) in [7, 11) is 0. The molecule has 6 rings (SSSR count). The number of pyridine rings is 1. The molecule has 2 aliphatic rings. The monoisotopic (exact) mass is 635 g/mol. The van der Waals surface area contributed by atoms with Crippen molar-refractivity contribution in [2.45, 2.75) is 41.8 Å². The molecule has 1 unspecified atom stereocenters. The maximum atomic E-state index is 15.0. The average molecular weight is 636 g/mol. The minimum atomic E-state index is -4.86. The number of aromatic nitrogens is 1. The number of benzene rings is 3. The van der Waals surface area contributed by atoms with E-state index in [0.29, 0.717) is 4.90 Å². The SMILES string of the molecule is Cc1c(Cc2c(F)cccc2C(F)(F)F)c2n(c(=O)c1-c1ccc3c(c1)OC(F)(F)O3)C(C(=O)Sc1ccccc1)CS2. The molecule has 5 nitrogen and oxygen atoms in total. The van der Waals surface area contributed by atoms with Crippen molar-refractivity contribution in [3.63, 3.8) is 0 Å². The fourth-order valence-electron chi connectivity index (χ4n) is 5.18. The summed E-state index contributed by atoms with van der Waals surface area (Å²) in [5, 5.41) is -0.144. The number of thioether (sulfide) groups is 2. The van der Waals surface area contributed by atoms with Crippen molar-refractivity contribution in [1.29, 1.82) is 0 Å². The predicted molar refractivity (Wildman–Crippen MR) is 148 cm³/mol. The van der Waals surface area contributed by atoms with Crippen LogP contribution < -0.4 is 15.0 Å². The second-order valence-corrected chi connectivity index (χ2v) is 11.9. The fourth-order valence-corrected chi connectivity index (χ4v) is 7.50. The third-order valence-electron chi connectivity index (χ3n) is 7.13. The molecule has 0 saturated carbocycles. The summed E-state index contributed by atoms with van der Waals surface area (Å²) in [5.41, 5.74) is -1.95. The van der Waals surface area contributed by atoms with Crippen LogP contribution in [0.3, 0.4) is 0 Å². The zero-order valence-electron chi connectivity index (χ0n) is 22.0. The molecule has 222 valence electrons. The molecule has 3 heterocycles. The van der Waals surface area contributed by atoms with Crippen LogP contribution in [0.1, 0.15) is 28.3 Å². The normalized spacial score (nSPS) is 16.8. The number of carbonyl (C=O) groups excluding carboxylic acids is 1. The highest BCUT2D eigenvalue weighted by atomic mass is 32.2. The number of hydrogen-bond donors (Lipinski definition) is 0. The first-order valence-corrected chi connectivity index (χ1v) is 14.6. The van der Waals surface area contributed by atoms with Gasteiger partial charge >= 0.3 is 12.5 Å². The number of fused-ring (bicyclic) bond motifs is 2. The van der Waals surface area contributed by atoms with Crippen LogP contribution in [0.2, 0.25) is 0 Å². The summed E-state index contributed by atoms with van der Waals surface area (Å²) in [5.74, 6) is -1.58. The molecule has 0 N–H and O–H groups in total. The van der Waals surface area contributed by atoms with Crippen molar-refractivity contribution in [1.82, 2.24) is 4.57 Å². The van der Waals surface area contributed by atoms with Gasteiger partial charge in [-0.2, -0.15) is 13.2 Å². The Balaban J connectivity index is 1.54. The first-order valence-electron chi connectivity index (χ1n) is 12.8. The maximum absolute atomic E-state index is 15.0. The number of hydrogen-bond acceptors (Lipinski definition) is 6. The van der Waals surface area contributed by atoms with Crippen molar-refractivity contribution in [3.05, 3.63) is 105 Å². The van der Waals surface area contributed by atoms with E-state index >= 15 is 0 Å². The quantitative estimate of drug-likeness (QED) is 0.164. The lowest BCUT2D eigenvalue weighted by Crippen LogP contribution is -2.30. The predicted octanol–water partition coefficient (Wildman–Crippen LogP) is 7.86. The lowest BCUT2D eigenvalue weighted by molar-refractivity contribution is -0.286. The number of nitrogens with zero attached hydrogens (tertiary/aromatic N) is 1. The minimum Gasteiger partial charge on any atom is -0.395 e. The standard InChI is InChI=1S/C30H19F6NO4S2/c1-15-18(13-19-20(29(32,33)34)8-5-9-21(19)31)27-37(22(14-42-27)28(39)43-17-6-3-2-4-7-17)26(38)25(15)16-10-11-23-24(12-16)41-30(35,36)40-23/h2-12,22H,13-14H2,1H3. The summed E-state index contributed by atoms with van der Waals surface area (Å²) in [6.45, 7) is 1.49. The molecule has 3 aromatic carbocycles. The summed E-state index contributed by atoms with van der Waals surface area (Å²) in [6, 6.07) is 14.1. The van der Waals surface area contributed by atoms with Gasteiger partial charge in [0.1, 0.15) is 11.9 Å². The Bertz CT molecular complexity index is 1820. The molecule has 2 aliphatic heterocycles. The molecule has 0 fully saturated rings. The summed E-state index contributed by atoms with van der Waals surface area (Å²) < 4.78 is 94.4. The number of halogens is 6. The van der Waals surface area contributed by atoms with E-state index in [0.717, 1.165) is 41.7 Å². The van der Waals surface area contributed by atoms with Crippen LogP contribution in [0, 0.1) is 12.7 Å². The maximum Gasteiger partial charge on any atom is 0.586 e. The third-order valence-corrected chi connectivity index (χ3v) is 9.31. The Labute approximate surface area is 248 Å².